The van der Waals surface area contributed by atoms with E-state index < -0.39 is 6.04 Å². The van der Waals surface area contributed by atoms with Crippen LogP contribution in [0.4, 0.5) is 0 Å². The van der Waals surface area contributed by atoms with Crippen LogP contribution in [-0.2, 0) is 22.4 Å². The van der Waals surface area contributed by atoms with E-state index in [1.807, 2.05) is 25.1 Å². The minimum atomic E-state index is -0.544. The van der Waals surface area contributed by atoms with E-state index in [4.69, 9.17) is 4.42 Å². The largest absolute Gasteiger partial charge is 0.464 e. The van der Waals surface area contributed by atoms with Gasteiger partial charge in [-0.05, 0) is 31.9 Å². The van der Waals surface area contributed by atoms with Gasteiger partial charge >= 0.3 is 0 Å². The summed E-state index contributed by atoms with van der Waals surface area (Å²) in [6.07, 6.45) is 2.75. The molecular formula is C17H22N2O3. The molecule has 0 radical (unpaired) electrons. The smallest absolute Gasteiger partial charge is 0.242 e. The number of likely N-dealkylation sites (N-methyl/N-ethyl adjacent to an activating group) is 1. The number of benzene rings is 1. The molecule has 0 fully saturated rings. The summed E-state index contributed by atoms with van der Waals surface area (Å²) in [5.41, 5.74) is 2.82. The van der Waals surface area contributed by atoms with Gasteiger partial charge in [0, 0.05) is 17.5 Å². The summed E-state index contributed by atoms with van der Waals surface area (Å²) in [6.45, 7) is 6.14. The highest BCUT2D eigenvalue weighted by atomic mass is 16.3. The molecule has 22 heavy (non-hydrogen) atoms. The molecule has 0 bridgehead atoms. The molecule has 0 aliphatic heterocycles. The molecule has 0 saturated carbocycles. The Kier molecular flexibility index (Phi) is 5.20. The van der Waals surface area contributed by atoms with Crippen molar-refractivity contribution in [3.63, 3.8) is 0 Å². The summed E-state index contributed by atoms with van der Waals surface area (Å²) in [6, 6.07) is 5.47. The number of carbonyl (C=O) groups excluding carboxylic acids is 2. The maximum atomic E-state index is 12.1. The fourth-order valence-corrected chi connectivity index (χ4v) is 2.34. The van der Waals surface area contributed by atoms with Gasteiger partial charge < -0.3 is 15.1 Å². The van der Waals surface area contributed by atoms with Crippen LogP contribution in [0.1, 0.15) is 31.9 Å². The van der Waals surface area contributed by atoms with Crippen molar-refractivity contribution in [2.24, 2.45) is 0 Å². The Balaban J connectivity index is 2.04. The molecule has 0 aliphatic rings. The van der Waals surface area contributed by atoms with Crippen LogP contribution in [0.3, 0.4) is 0 Å². The van der Waals surface area contributed by atoms with Crippen LogP contribution in [0.2, 0.25) is 0 Å². The third kappa shape index (κ3) is 3.67. The number of amides is 2. The van der Waals surface area contributed by atoms with Crippen molar-refractivity contribution in [3.05, 3.63) is 35.6 Å². The first-order chi connectivity index (χ1) is 10.5. The third-order valence-corrected chi connectivity index (χ3v) is 3.60. The van der Waals surface area contributed by atoms with E-state index in [2.05, 4.69) is 17.6 Å². The monoisotopic (exact) mass is 302 g/mol. The van der Waals surface area contributed by atoms with Crippen LogP contribution in [0.15, 0.2) is 28.9 Å². The normalized spacial score (nSPS) is 12.1. The molecule has 1 atom stereocenters. The fraction of sp³-hybridized carbons (Fsp3) is 0.412. The van der Waals surface area contributed by atoms with E-state index in [0.717, 1.165) is 23.0 Å². The zero-order valence-electron chi connectivity index (χ0n) is 13.2. The maximum Gasteiger partial charge on any atom is 0.242 e. The average Bonchev–Trinajstić information content (AvgIpc) is 2.89. The highest BCUT2D eigenvalue weighted by molar-refractivity contribution is 5.91. The molecule has 0 unspecified atom stereocenters. The van der Waals surface area contributed by atoms with Crippen molar-refractivity contribution in [3.8, 4) is 0 Å². The number of aryl methyl sites for hydroxylation is 1. The molecule has 1 heterocycles. The minimum absolute atomic E-state index is 0.180. The van der Waals surface area contributed by atoms with Crippen LogP contribution in [-0.4, -0.2) is 24.4 Å². The van der Waals surface area contributed by atoms with Gasteiger partial charge in [0.05, 0.1) is 12.7 Å². The summed E-state index contributed by atoms with van der Waals surface area (Å²) in [5.74, 6) is -0.374. The zero-order chi connectivity index (χ0) is 16.1. The lowest BCUT2D eigenvalue weighted by Crippen LogP contribution is -2.45. The number of rotatable bonds is 6. The second-order valence-electron chi connectivity index (χ2n) is 5.31. The summed E-state index contributed by atoms with van der Waals surface area (Å²) >= 11 is 0. The van der Waals surface area contributed by atoms with Crippen LogP contribution < -0.4 is 10.6 Å². The molecule has 2 aromatic rings. The number of hydrogen-bond donors (Lipinski definition) is 2. The Morgan fingerprint density at radius 1 is 1.27 bits per heavy atom. The topological polar surface area (TPSA) is 71.3 Å². The molecule has 118 valence electrons. The number of hydrogen-bond acceptors (Lipinski definition) is 3. The predicted molar refractivity (Wildman–Crippen MR) is 85.6 cm³/mol. The molecule has 1 aromatic heterocycles. The third-order valence-electron chi connectivity index (χ3n) is 3.60. The molecule has 0 spiro atoms. The number of fused-ring (bicyclic) bond motifs is 1. The second kappa shape index (κ2) is 7.11. The second-order valence-corrected chi connectivity index (χ2v) is 5.31. The molecule has 5 heteroatoms. The van der Waals surface area contributed by atoms with Crippen molar-refractivity contribution >= 4 is 22.8 Å². The minimum Gasteiger partial charge on any atom is -0.464 e. The summed E-state index contributed by atoms with van der Waals surface area (Å²) in [4.78, 5) is 23.7. The first-order valence-electron chi connectivity index (χ1n) is 7.61. The standard InChI is InChI=1S/C17H22N2O3/c1-4-12-6-7-14-13(10-22-15(14)8-12)9-16(20)19-11(3)17(21)18-5-2/h6-8,10-11H,4-5,9H2,1-3H3,(H,18,21)(H,19,20)/t11-/m0/s1. The summed E-state index contributed by atoms with van der Waals surface area (Å²) in [5, 5.41) is 6.32. The molecule has 0 saturated heterocycles. The van der Waals surface area contributed by atoms with Crippen molar-refractivity contribution in [2.45, 2.75) is 39.7 Å². The lowest BCUT2D eigenvalue weighted by Gasteiger charge is -2.12. The summed E-state index contributed by atoms with van der Waals surface area (Å²) in [7, 11) is 0. The SMILES string of the molecule is CCNC(=O)[C@H](C)NC(=O)Cc1coc2cc(CC)ccc12. The van der Waals surface area contributed by atoms with Gasteiger partial charge in [-0.1, -0.05) is 19.1 Å². The highest BCUT2D eigenvalue weighted by Crippen LogP contribution is 2.23. The van der Waals surface area contributed by atoms with Gasteiger partial charge in [-0.15, -0.1) is 0 Å². The Labute approximate surface area is 130 Å². The summed E-state index contributed by atoms with van der Waals surface area (Å²) < 4.78 is 5.52. The highest BCUT2D eigenvalue weighted by Gasteiger charge is 2.16. The predicted octanol–water partition coefficient (Wildman–Crippen LogP) is 2.18. The molecule has 2 N–H and O–H groups in total. The van der Waals surface area contributed by atoms with Gasteiger partial charge in [-0.3, -0.25) is 9.59 Å². The Morgan fingerprint density at radius 2 is 2.05 bits per heavy atom. The van der Waals surface area contributed by atoms with Gasteiger partial charge in [0.15, 0.2) is 0 Å². The number of furan rings is 1. The van der Waals surface area contributed by atoms with Crippen molar-refractivity contribution in [1.29, 1.82) is 0 Å². The lowest BCUT2D eigenvalue weighted by molar-refractivity contribution is -0.128. The van der Waals surface area contributed by atoms with E-state index in [-0.39, 0.29) is 18.2 Å². The van der Waals surface area contributed by atoms with Gasteiger partial charge in [-0.25, -0.2) is 0 Å². The van der Waals surface area contributed by atoms with E-state index in [0.29, 0.717) is 6.54 Å². The fourth-order valence-electron chi connectivity index (χ4n) is 2.34. The van der Waals surface area contributed by atoms with Crippen LogP contribution in [0.25, 0.3) is 11.0 Å². The van der Waals surface area contributed by atoms with E-state index in [1.54, 1.807) is 13.2 Å². The van der Waals surface area contributed by atoms with Crippen molar-refractivity contribution < 1.29 is 14.0 Å². The first kappa shape index (κ1) is 16.1. The van der Waals surface area contributed by atoms with E-state index >= 15 is 0 Å². The zero-order valence-corrected chi connectivity index (χ0v) is 13.2. The Bertz CT molecular complexity index is 676. The van der Waals surface area contributed by atoms with Gasteiger partial charge in [0.25, 0.3) is 0 Å². The van der Waals surface area contributed by atoms with Crippen LogP contribution in [0, 0.1) is 0 Å². The number of carbonyl (C=O) groups is 2. The number of nitrogens with one attached hydrogen (secondary N) is 2. The first-order valence-corrected chi connectivity index (χ1v) is 7.61. The molecule has 1 aromatic carbocycles. The van der Waals surface area contributed by atoms with Crippen LogP contribution >= 0.6 is 0 Å². The molecule has 0 aliphatic carbocycles. The molecule has 2 amide bonds. The molecular weight excluding hydrogens is 280 g/mol. The van der Waals surface area contributed by atoms with Crippen molar-refractivity contribution in [2.75, 3.05) is 6.54 Å². The Morgan fingerprint density at radius 3 is 2.73 bits per heavy atom. The van der Waals surface area contributed by atoms with Gasteiger partial charge in [-0.2, -0.15) is 0 Å². The lowest BCUT2D eigenvalue weighted by atomic mass is 10.1. The van der Waals surface area contributed by atoms with Crippen LogP contribution in [0.5, 0.6) is 0 Å². The van der Waals surface area contributed by atoms with E-state index in [1.165, 1.54) is 5.56 Å². The Hall–Kier alpha value is -2.30. The molecule has 2 rings (SSSR count). The maximum absolute atomic E-state index is 12.1. The van der Waals surface area contributed by atoms with Crippen molar-refractivity contribution in [1.82, 2.24) is 10.6 Å². The van der Waals surface area contributed by atoms with Gasteiger partial charge in [0.1, 0.15) is 11.6 Å². The molecule has 5 nitrogen and oxygen atoms in total. The van der Waals surface area contributed by atoms with Gasteiger partial charge in [0.2, 0.25) is 11.8 Å². The quantitative estimate of drug-likeness (QED) is 0.859. The average molecular weight is 302 g/mol. The van der Waals surface area contributed by atoms with E-state index in [9.17, 15) is 9.59 Å².